The first-order chi connectivity index (χ1) is 9.67. The summed E-state index contributed by atoms with van der Waals surface area (Å²) in [5.41, 5.74) is 0.968. The highest BCUT2D eigenvalue weighted by atomic mass is 35.5. The monoisotopic (exact) mass is 323 g/mol. The van der Waals surface area contributed by atoms with Crippen molar-refractivity contribution in [2.45, 2.75) is 13.2 Å². The van der Waals surface area contributed by atoms with E-state index in [0.717, 1.165) is 0 Å². The maximum Gasteiger partial charge on any atom is 0.509 e. The fourth-order valence-electron chi connectivity index (χ4n) is 1.17. The molecule has 0 aromatic carbocycles. The zero-order valence-electron chi connectivity index (χ0n) is 10.2. The van der Waals surface area contributed by atoms with Gasteiger partial charge < -0.3 is 18.9 Å². The van der Waals surface area contributed by atoms with Gasteiger partial charge in [-0.1, -0.05) is 29.3 Å². The summed E-state index contributed by atoms with van der Waals surface area (Å²) in [6, 6.07) is 2.70. The predicted octanol–water partition coefficient (Wildman–Crippen LogP) is 2.78. The first kappa shape index (κ1) is 16.3. The van der Waals surface area contributed by atoms with E-state index in [1.165, 1.54) is 6.20 Å². The minimum Gasteiger partial charge on any atom is -0.429 e. The van der Waals surface area contributed by atoms with Crippen LogP contribution >= 0.6 is 23.2 Å². The van der Waals surface area contributed by atoms with Gasteiger partial charge in [-0.15, -0.1) is 0 Å². The van der Waals surface area contributed by atoms with Gasteiger partial charge in [0.2, 0.25) is 0 Å². The molecule has 0 amide bonds. The number of pyridine rings is 1. The maximum absolute atomic E-state index is 11.0. The first-order valence-electron chi connectivity index (χ1n) is 5.31. The smallest absolute Gasteiger partial charge is 0.429 e. The molecule has 1 aromatic heterocycles. The molecule has 110 valence electrons. The lowest BCUT2D eigenvalue weighted by Crippen LogP contribution is -2.11. The molecule has 9 heteroatoms. The molecule has 1 rings (SSSR count). The van der Waals surface area contributed by atoms with Crippen molar-refractivity contribution in [1.29, 1.82) is 0 Å². The first-order valence-corrected chi connectivity index (χ1v) is 6.38. The molecule has 0 saturated carbocycles. The van der Waals surface area contributed by atoms with E-state index in [9.17, 15) is 9.59 Å². The van der Waals surface area contributed by atoms with Crippen LogP contribution in [-0.2, 0) is 32.2 Å². The Labute approximate surface area is 124 Å². The second-order valence-electron chi connectivity index (χ2n) is 3.19. The van der Waals surface area contributed by atoms with Crippen molar-refractivity contribution >= 4 is 35.5 Å². The van der Waals surface area contributed by atoms with Crippen LogP contribution in [0.4, 0.5) is 9.59 Å². The van der Waals surface area contributed by atoms with Gasteiger partial charge in [-0.25, -0.2) is 9.59 Å². The van der Waals surface area contributed by atoms with Crippen molar-refractivity contribution in [3.63, 3.8) is 0 Å². The van der Waals surface area contributed by atoms with Crippen molar-refractivity contribution in [3.05, 3.63) is 29.6 Å². The number of rotatable bonds is 6. The van der Waals surface area contributed by atoms with E-state index in [0.29, 0.717) is 11.3 Å². The molecule has 1 aromatic rings. The number of carbonyl (C=O) groups excluding carboxylic acids is 2. The van der Waals surface area contributed by atoms with Crippen molar-refractivity contribution < 1.29 is 28.5 Å². The third kappa shape index (κ3) is 5.94. The van der Waals surface area contributed by atoms with Crippen molar-refractivity contribution in [1.82, 2.24) is 4.98 Å². The largest absolute Gasteiger partial charge is 0.509 e. The molecular weight excluding hydrogens is 313 g/mol. The Morgan fingerprint density at radius 2 is 1.60 bits per heavy atom. The lowest BCUT2D eigenvalue weighted by atomic mass is 10.2. The molecule has 0 aliphatic carbocycles. The van der Waals surface area contributed by atoms with Gasteiger partial charge in [0.15, 0.2) is 12.1 Å². The van der Waals surface area contributed by atoms with Crippen LogP contribution in [0.1, 0.15) is 11.3 Å². The van der Waals surface area contributed by atoms with Crippen molar-refractivity contribution in [3.8, 4) is 0 Å². The van der Waals surface area contributed by atoms with E-state index in [-0.39, 0.29) is 25.3 Å². The summed E-state index contributed by atoms with van der Waals surface area (Å²) in [4.78, 5) is 26.0. The number of alkyl halides is 2. The van der Waals surface area contributed by atoms with Gasteiger partial charge in [0, 0.05) is 11.8 Å². The molecule has 0 aliphatic heterocycles. The Morgan fingerprint density at radius 3 is 2.20 bits per heavy atom. The van der Waals surface area contributed by atoms with Gasteiger partial charge in [0.1, 0.15) is 13.2 Å². The Bertz CT molecular complexity index is 415. The number of hydrogen-bond donors (Lipinski definition) is 0. The number of aromatic nitrogens is 1. The summed E-state index contributed by atoms with van der Waals surface area (Å²) in [5.74, 6) is 0. The molecule has 0 unspecified atom stereocenters. The molecule has 7 nitrogen and oxygen atoms in total. The third-order valence-electron chi connectivity index (χ3n) is 2.00. The van der Waals surface area contributed by atoms with Crippen LogP contribution < -0.4 is 0 Å². The number of halogens is 2. The molecule has 0 bridgehead atoms. The normalized spacial score (nSPS) is 9.70. The van der Waals surface area contributed by atoms with Crippen LogP contribution in [0.3, 0.4) is 0 Å². The van der Waals surface area contributed by atoms with Gasteiger partial charge in [0.05, 0.1) is 5.69 Å². The van der Waals surface area contributed by atoms with E-state index in [1.54, 1.807) is 12.1 Å². The van der Waals surface area contributed by atoms with E-state index < -0.39 is 12.3 Å². The third-order valence-corrected chi connectivity index (χ3v) is 2.22. The van der Waals surface area contributed by atoms with Crippen LogP contribution in [0.2, 0.25) is 0 Å². The van der Waals surface area contributed by atoms with Crippen LogP contribution in [0.25, 0.3) is 0 Å². The summed E-state index contributed by atoms with van der Waals surface area (Å²) in [6.45, 7) is -0.230. The summed E-state index contributed by atoms with van der Waals surface area (Å²) in [7, 11) is 0. The summed E-state index contributed by atoms with van der Waals surface area (Å²) < 4.78 is 18.3. The fraction of sp³-hybridized carbons (Fsp3) is 0.364. The molecule has 20 heavy (non-hydrogen) atoms. The Kier molecular flexibility index (Phi) is 7.52. The fourth-order valence-corrected chi connectivity index (χ4v) is 1.35. The number of hydrogen-bond acceptors (Lipinski definition) is 7. The maximum atomic E-state index is 11.0. The molecule has 0 N–H and O–H groups in total. The number of carbonyl (C=O) groups is 2. The lowest BCUT2D eigenvalue weighted by Gasteiger charge is -2.09. The average Bonchev–Trinajstić information content (AvgIpc) is 2.44. The minimum absolute atomic E-state index is 0.0905. The highest BCUT2D eigenvalue weighted by Gasteiger charge is 2.10. The standard InChI is InChI=1S/C11H11Cl2NO6/c12-6-19-10(15)17-4-8-2-1-3-14-9(8)5-18-11(16)20-7-13/h1-3H,4-7H2. The van der Waals surface area contributed by atoms with Gasteiger partial charge in [-0.05, 0) is 6.07 Å². The molecule has 0 fully saturated rings. The predicted molar refractivity (Wildman–Crippen MR) is 68.2 cm³/mol. The zero-order valence-corrected chi connectivity index (χ0v) is 11.7. The Morgan fingerprint density at radius 1 is 1.00 bits per heavy atom. The highest BCUT2D eigenvalue weighted by Crippen LogP contribution is 2.09. The molecular formula is C11H11Cl2NO6. The second kappa shape index (κ2) is 9.22. The van der Waals surface area contributed by atoms with Crippen molar-refractivity contribution in [2.24, 2.45) is 0 Å². The van der Waals surface area contributed by atoms with Crippen LogP contribution in [0.15, 0.2) is 18.3 Å². The summed E-state index contributed by atoms with van der Waals surface area (Å²) in [6.07, 6.45) is -0.317. The van der Waals surface area contributed by atoms with E-state index in [1.807, 2.05) is 0 Å². The molecule has 0 atom stereocenters. The zero-order chi connectivity index (χ0) is 14.8. The molecule has 0 aliphatic rings. The lowest BCUT2D eigenvalue weighted by molar-refractivity contribution is 0.0552. The highest BCUT2D eigenvalue weighted by molar-refractivity contribution is 6.17. The van der Waals surface area contributed by atoms with Gasteiger partial charge >= 0.3 is 12.3 Å². The van der Waals surface area contributed by atoms with E-state index in [2.05, 4.69) is 14.5 Å². The summed E-state index contributed by atoms with van der Waals surface area (Å²) in [5, 5.41) is 0. The van der Waals surface area contributed by atoms with Gasteiger partial charge in [0.25, 0.3) is 0 Å². The van der Waals surface area contributed by atoms with Crippen LogP contribution in [0.5, 0.6) is 0 Å². The van der Waals surface area contributed by atoms with Gasteiger partial charge in [-0.2, -0.15) is 0 Å². The van der Waals surface area contributed by atoms with Crippen LogP contribution in [-0.4, -0.2) is 29.4 Å². The topological polar surface area (TPSA) is 84.0 Å². The Hall–Kier alpha value is -1.73. The molecule has 1 heterocycles. The molecule has 0 radical (unpaired) electrons. The number of ether oxygens (including phenoxy) is 4. The number of nitrogens with zero attached hydrogens (tertiary/aromatic N) is 1. The van der Waals surface area contributed by atoms with Gasteiger partial charge in [-0.3, -0.25) is 4.98 Å². The minimum atomic E-state index is -0.918. The SMILES string of the molecule is O=C(OCCl)OCc1cccnc1COC(=O)OCCl. The molecule has 0 spiro atoms. The van der Waals surface area contributed by atoms with E-state index in [4.69, 9.17) is 32.7 Å². The van der Waals surface area contributed by atoms with Crippen molar-refractivity contribution in [2.75, 3.05) is 12.1 Å². The quantitative estimate of drug-likeness (QED) is 0.587. The van der Waals surface area contributed by atoms with E-state index >= 15 is 0 Å². The Balaban J connectivity index is 2.54. The summed E-state index contributed by atoms with van der Waals surface area (Å²) >= 11 is 10.4. The van der Waals surface area contributed by atoms with Crippen LogP contribution in [0, 0.1) is 0 Å². The average molecular weight is 324 g/mol. The second-order valence-corrected chi connectivity index (χ2v) is 3.63. The molecule has 0 saturated heterocycles.